The Morgan fingerprint density at radius 1 is 1.33 bits per heavy atom. The molecule has 3 nitrogen and oxygen atoms in total. The van der Waals surface area contributed by atoms with Crippen LogP contribution in [-0.2, 0) is 9.63 Å². The molecule has 21 heavy (non-hydrogen) atoms. The Morgan fingerprint density at radius 3 is 2.57 bits per heavy atom. The molecule has 2 rings (SSSR count). The third-order valence-corrected chi connectivity index (χ3v) is 3.21. The summed E-state index contributed by atoms with van der Waals surface area (Å²) in [6.45, 7) is 0.0965. The number of alkyl halides is 3. The van der Waals surface area contributed by atoms with Crippen LogP contribution < -0.4 is 0 Å². The van der Waals surface area contributed by atoms with Crippen molar-refractivity contribution in [3.05, 3.63) is 40.7 Å². The largest absolute Gasteiger partial charge is 0.492 e. The monoisotopic (exact) mass is 323 g/mol. The minimum atomic E-state index is -5.02. The fourth-order valence-corrected chi connectivity index (χ4v) is 1.98. The van der Waals surface area contributed by atoms with E-state index < -0.39 is 18.0 Å². The van der Waals surface area contributed by atoms with E-state index >= 15 is 0 Å². The molecule has 0 saturated carbocycles. The summed E-state index contributed by atoms with van der Waals surface area (Å²) in [6.07, 6.45) is -3.12. The third-order valence-electron chi connectivity index (χ3n) is 2.91. The second-order valence-corrected chi connectivity index (χ2v) is 4.78. The van der Waals surface area contributed by atoms with Crippen molar-refractivity contribution in [2.45, 2.75) is 12.6 Å². The summed E-state index contributed by atoms with van der Waals surface area (Å²) in [4.78, 5) is 14.9. The van der Waals surface area contributed by atoms with Gasteiger partial charge in [0.05, 0.1) is 11.6 Å². The summed E-state index contributed by atoms with van der Waals surface area (Å²) < 4.78 is 49.5. The lowest BCUT2D eigenvalue weighted by Gasteiger charge is -2.25. The lowest BCUT2D eigenvalue weighted by Crippen LogP contribution is -2.37. The Bertz CT molecular complexity index is 586. The van der Waals surface area contributed by atoms with Gasteiger partial charge in [-0.2, -0.15) is 13.2 Å². The van der Waals surface area contributed by atoms with Crippen LogP contribution in [0.15, 0.2) is 24.3 Å². The molecule has 0 amide bonds. The number of hydrogen-bond donors (Lipinski definition) is 0. The maximum Gasteiger partial charge on any atom is 0.492 e. The van der Waals surface area contributed by atoms with Gasteiger partial charge in [0, 0.05) is 6.54 Å². The molecule has 114 valence electrons. The van der Waals surface area contributed by atoms with Crippen LogP contribution >= 0.6 is 11.6 Å². The zero-order valence-corrected chi connectivity index (χ0v) is 11.3. The standard InChI is InChI=1S/C13H10ClF4NO2/c14-10-2-1-9(7-11(10)15)8-3-5-19(6-4-8)21-12(20)13(16,17)18/h1-3,7H,4-6H2. The second kappa shape index (κ2) is 6.03. The summed E-state index contributed by atoms with van der Waals surface area (Å²) in [7, 11) is 0. The zero-order valence-electron chi connectivity index (χ0n) is 10.6. The Labute approximate surface area is 122 Å². The molecule has 0 N–H and O–H groups in total. The van der Waals surface area contributed by atoms with Gasteiger partial charge in [-0.15, -0.1) is 5.06 Å². The van der Waals surface area contributed by atoms with E-state index in [1.807, 2.05) is 0 Å². The third kappa shape index (κ3) is 3.95. The number of carbonyl (C=O) groups excluding carboxylic acids is 1. The van der Waals surface area contributed by atoms with Crippen molar-refractivity contribution in [3.63, 3.8) is 0 Å². The van der Waals surface area contributed by atoms with E-state index in [0.717, 1.165) is 10.6 Å². The SMILES string of the molecule is O=C(ON1CC=C(c2ccc(Cl)c(F)c2)CC1)C(F)(F)F. The lowest BCUT2D eigenvalue weighted by atomic mass is 10.0. The van der Waals surface area contributed by atoms with Crippen LogP contribution in [0.2, 0.25) is 5.02 Å². The number of nitrogens with zero attached hydrogens (tertiary/aromatic N) is 1. The highest BCUT2D eigenvalue weighted by Crippen LogP contribution is 2.26. The van der Waals surface area contributed by atoms with Gasteiger partial charge >= 0.3 is 12.1 Å². The predicted octanol–water partition coefficient (Wildman–Crippen LogP) is 3.59. The second-order valence-electron chi connectivity index (χ2n) is 4.37. The highest BCUT2D eigenvalue weighted by atomic mass is 35.5. The number of rotatable bonds is 2. The lowest BCUT2D eigenvalue weighted by molar-refractivity contribution is -0.237. The predicted molar refractivity (Wildman–Crippen MR) is 67.7 cm³/mol. The van der Waals surface area contributed by atoms with Crippen LogP contribution in [0.25, 0.3) is 5.57 Å². The average Bonchev–Trinajstić information content (AvgIpc) is 2.42. The van der Waals surface area contributed by atoms with Crippen molar-refractivity contribution in [2.75, 3.05) is 13.1 Å². The van der Waals surface area contributed by atoms with Crippen molar-refractivity contribution < 1.29 is 27.2 Å². The van der Waals surface area contributed by atoms with E-state index in [1.165, 1.54) is 12.1 Å². The molecule has 1 heterocycles. The summed E-state index contributed by atoms with van der Waals surface area (Å²) in [5.74, 6) is -2.82. The van der Waals surface area contributed by atoms with Gasteiger partial charge in [0.2, 0.25) is 0 Å². The molecule has 0 unspecified atom stereocenters. The Balaban J connectivity index is 2.02. The number of halogens is 5. The Kier molecular flexibility index (Phi) is 4.53. The average molecular weight is 324 g/mol. The van der Waals surface area contributed by atoms with Crippen LogP contribution in [-0.4, -0.2) is 30.3 Å². The molecule has 0 aliphatic carbocycles. The summed E-state index contributed by atoms with van der Waals surface area (Å²) in [5, 5.41) is 0.905. The molecule has 0 spiro atoms. The van der Waals surface area contributed by atoms with E-state index in [-0.39, 0.29) is 18.1 Å². The van der Waals surface area contributed by atoms with Gasteiger partial charge < -0.3 is 4.84 Å². The van der Waals surface area contributed by atoms with Gasteiger partial charge in [0.15, 0.2) is 0 Å². The van der Waals surface area contributed by atoms with Crippen LogP contribution in [0.5, 0.6) is 0 Å². The topological polar surface area (TPSA) is 29.5 Å². The van der Waals surface area contributed by atoms with Gasteiger partial charge in [-0.25, -0.2) is 9.18 Å². The molecule has 0 saturated heterocycles. The van der Waals surface area contributed by atoms with Crippen LogP contribution in [0.1, 0.15) is 12.0 Å². The summed E-state index contributed by atoms with van der Waals surface area (Å²) in [6, 6.07) is 4.28. The molecule has 0 bridgehead atoms. The Morgan fingerprint density at radius 2 is 2.05 bits per heavy atom. The van der Waals surface area contributed by atoms with E-state index in [9.17, 15) is 22.4 Å². The molecule has 0 radical (unpaired) electrons. The number of benzene rings is 1. The molecular weight excluding hydrogens is 314 g/mol. The van der Waals surface area contributed by atoms with Crippen molar-refractivity contribution in [1.82, 2.24) is 5.06 Å². The van der Waals surface area contributed by atoms with E-state index in [0.29, 0.717) is 12.0 Å². The Hall–Kier alpha value is -1.60. The van der Waals surface area contributed by atoms with Gasteiger partial charge in [-0.3, -0.25) is 0 Å². The van der Waals surface area contributed by atoms with Crippen molar-refractivity contribution >= 4 is 23.1 Å². The summed E-state index contributed by atoms with van der Waals surface area (Å²) in [5.41, 5.74) is 1.35. The van der Waals surface area contributed by atoms with Gasteiger partial charge in [-0.1, -0.05) is 23.7 Å². The van der Waals surface area contributed by atoms with E-state index in [2.05, 4.69) is 4.84 Å². The molecule has 1 aromatic rings. The highest BCUT2D eigenvalue weighted by Gasteiger charge is 2.42. The van der Waals surface area contributed by atoms with Gasteiger partial charge in [-0.05, 0) is 29.7 Å². The first-order chi connectivity index (χ1) is 9.77. The smallest absolute Gasteiger partial charge is 0.360 e. The van der Waals surface area contributed by atoms with E-state index in [1.54, 1.807) is 12.1 Å². The maximum absolute atomic E-state index is 13.4. The molecule has 0 fully saturated rings. The highest BCUT2D eigenvalue weighted by molar-refractivity contribution is 6.30. The maximum atomic E-state index is 13.4. The summed E-state index contributed by atoms with van der Waals surface area (Å²) >= 11 is 5.58. The fraction of sp³-hybridized carbons (Fsp3) is 0.308. The van der Waals surface area contributed by atoms with E-state index in [4.69, 9.17) is 11.6 Å². The quantitative estimate of drug-likeness (QED) is 0.779. The molecule has 0 aromatic heterocycles. The number of hydrogen-bond acceptors (Lipinski definition) is 3. The van der Waals surface area contributed by atoms with Crippen LogP contribution in [0.4, 0.5) is 17.6 Å². The van der Waals surface area contributed by atoms with Crippen LogP contribution in [0.3, 0.4) is 0 Å². The molecule has 1 aliphatic rings. The van der Waals surface area contributed by atoms with Crippen LogP contribution in [0, 0.1) is 5.82 Å². The number of carbonyl (C=O) groups is 1. The first-order valence-electron chi connectivity index (χ1n) is 5.96. The minimum absolute atomic E-state index is 0.00139. The van der Waals surface area contributed by atoms with Gasteiger partial charge in [0.1, 0.15) is 5.82 Å². The molecule has 8 heteroatoms. The van der Waals surface area contributed by atoms with Crippen molar-refractivity contribution in [2.24, 2.45) is 0 Å². The normalized spacial score (nSPS) is 16.5. The first-order valence-corrected chi connectivity index (χ1v) is 6.33. The van der Waals surface area contributed by atoms with Gasteiger partial charge in [0.25, 0.3) is 0 Å². The first kappa shape index (κ1) is 15.8. The number of hydroxylamine groups is 2. The minimum Gasteiger partial charge on any atom is -0.360 e. The molecule has 1 aliphatic heterocycles. The fourth-order valence-electron chi connectivity index (χ4n) is 1.86. The molecular formula is C13H10ClF4NO2. The zero-order chi connectivity index (χ0) is 15.6. The molecule has 0 atom stereocenters. The van der Waals surface area contributed by atoms with Crippen molar-refractivity contribution in [3.8, 4) is 0 Å². The molecule has 1 aromatic carbocycles. The van der Waals surface area contributed by atoms with Crippen molar-refractivity contribution in [1.29, 1.82) is 0 Å².